The predicted molar refractivity (Wildman–Crippen MR) is 120 cm³/mol. The second-order valence-corrected chi connectivity index (χ2v) is 8.84. The Balaban J connectivity index is 1.24. The number of halogens is 1. The van der Waals surface area contributed by atoms with Gasteiger partial charge in [-0.25, -0.2) is 19.2 Å². The fourth-order valence-electron chi connectivity index (χ4n) is 3.88. The number of H-pyrrole nitrogens is 1. The normalized spacial score (nSPS) is 15.8. The molecule has 0 bridgehead atoms. The summed E-state index contributed by atoms with van der Waals surface area (Å²) in [6.07, 6.45) is 2.83. The first-order chi connectivity index (χ1) is 15.9. The number of aromatic amines is 1. The third-order valence-corrected chi connectivity index (χ3v) is 6.65. The summed E-state index contributed by atoms with van der Waals surface area (Å²) in [6, 6.07) is 0. The Hall–Kier alpha value is -3.22. The molecule has 13 heteroatoms. The zero-order chi connectivity index (χ0) is 23.4. The highest BCUT2D eigenvalue weighted by molar-refractivity contribution is 7.98. The molecule has 0 unspecified atom stereocenters. The van der Waals surface area contributed by atoms with Crippen LogP contribution in [0.5, 0.6) is 0 Å². The van der Waals surface area contributed by atoms with Crippen LogP contribution in [0.25, 0.3) is 0 Å². The Morgan fingerprint density at radius 1 is 1.15 bits per heavy atom. The number of piperazine rings is 1. The zero-order valence-corrected chi connectivity index (χ0v) is 18.7. The molecule has 4 heterocycles. The molecule has 0 spiro atoms. The Bertz CT molecular complexity index is 1140. The van der Waals surface area contributed by atoms with Gasteiger partial charge < -0.3 is 15.1 Å². The highest BCUT2D eigenvalue weighted by Crippen LogP contribution is 2.20. The van der Waals surface area contributed by atoms with E-state index in [4.69, 9.17) is 0 Å². The lowest BCUT2D eigenvalue weighted by Crippen LogP contribution is -2.51. The molecule has 2 aromatic heterocycles. The van der Waals surface area contributed by atoms with Crippen molar-refractivity contribution in [1.29, 1.82) is 0 Å². The highest BCUT2D eigenvalue weighted by Gasteiger charge is 2.23. The number of nitrogens with one attached hydrogen (secondary N) is 2. The maximum atomic E-state index is 13.0. The molecule has 2 amide bonds. The molecule has 0 atom stereocenters. The number of carbonyl (C=O) groups excluding carboxylic acids is 2. The molecule has 176 valence electrons. The van der Waals surface area contributed by atoms with Crippen LogP contribution in [0, 0.1) is 5.82 Å². The van der Waals surface area contributed by atoms with Gasteiger partial charge in [-0.2, -0.15) is 11.8 Å². The quantitative estimate of drug-likeness (QED) is 0.548. The van der Waals surface area contributed by atoms with Gasteiger partial charge in [-0.15, -0.1) is 0 Å². The van der Waals surface area contributed by atoms with Crippen LogP contribution in [0.4, 0.5) is 10.3 Å². The number of fused-ring (bicyclic) bond motifs is 1. The molecule has 1 saturated heterocycles. The summed E-state index contributed by atoms with van der Waals surface area (Å²) in [5.74, 6) is 0.712. The summed E-state index contributed by atoms with van der Waals surface area (Å²) < 4.78 is 14.4. The molecule has 2 aliphatic rings. The molecule has 4 rings (SSSR count). The summed E-state index contributed by atoms with van der Waals surface area (Å²) in [4.78, 5) is 62.7. The van der Waals surface area contributed by atoms with Crippen molar-refractivity contribution in [3.05, 3.63) is 50.3 Å². The van der Waals surface area contributed by atoms with Crippen molar-refractivity contribution >= 4 is 29.5 Å². The summed E-state index contributed by atoms with van der Waals surface area (Å²) in [5, 5.41) is 2.61. The van der Waals surface area contributed by atoms with E-state index in [-0.39, 0.29) is 36.9 Å². The summed E-state index contributed by atoms with van der Waals surface area (Å²) >= 11 is 1.63. The molecule has 0 saturated carbocycles. The Kier molecular flexibility index (Phi) is 7.06. The first kappa shape index (κ1) is 23.0. The minimum Gasteiger partial charge on any atom is -0.347 e. The van der Waals surface area contributed by atoms with Gasteiger partial charge in [0.25, 0.3) is 5.56 Å². The predicted octanol–water partition coefficient (Wildman–Crippen LogP) is -0.890. The second kappa shape index (κ2) is 10.1. The Morgan fingerprint density at radius 2 is 1.88 bits per heavy atom. The average Bonchev–Trinajstić information content (AvgIpc) is 2.83. The van der Waals surface area contributed by atoms with E-state index in [1.54, 1.807) is 16.7 Å². The number of hydrogen-bond donors (Lipinski definition) is 2. The van der Waals surface area contributed by atoms with Gasteiger partial charge >= 0.3 is 5.69 Å². The lowest BCUT2D eigenvalue weighted by molar-refractivity contribution is -0.133. The van der Waals surface area contributed by atoms with Crippen LogP contribution >= 0.6 is 11.8 Å². The molecule has 0 aliphatic carbocycles. The number of amides is 2. The van der Waals surface area contributed by atoms with Gasteiger partial charge in [-0.3, -0.25) is 23.9 Å². The third-order valence-electron chi connectivity index (χ3n) is 5.66. The van der Waals surface area contributed by atoms with E-state index in [1.807, 2.05) is 4.90 Å². The molecule has 0 radical (unpaired) electrons. The number of rotatable bonds is 6. The number of nitrogens with zero attached hydrogens (tertiary/aromatic N) is 5. The van der Waals surface area contributed by atoms with Gasteiger partial charge in [0, 0.05) is 56.2 Å². The standard InChI is InChI=1S/C20H24FN7O4S/c21-13-9-23-19(24-10-13)27-6-4-26(5-7-27)17(30)11-22-16(29)1-3-28-15-2-8-33-12-14(15)18(31)25-20(28)32/h9-10H,1-8,11-12H2,(H,22,29)(H,25,31,32). The molecule has 2 aliphatic heterocycles. The largest absolute Gasteiger partial charge is 0.347 e. The number of thioether (sulfide) groups is 1. The van der Waals surface area contributed by atoms with E-state index in [0.717, 1.165) is 18.1 Å². The van der Waals surface area contributed by atoms with Crippen LogP contribution in [-0.2, 0) is 28.3 Å². The highest BCUT2D eigenvalue weighted by atomic mass is 32.2. The number of aromatic nitrogens is 4. The number of hydrogen-bond acceptors (Lipinski definition) is 8. The number of carbonyl (C=O) groups is 2. The molecule has 0 aromatic carbocycles. The fraction of sp³-hybridized carbons (Fsp3) is 0.500. The third kappa shape index (κ3) is 5.41. The first-order valence-electron chi connectivity index (χ1n) is 10.6. The molecule has 2 aromatic rings. The lowest BCUT2D eigenvalue weighted by atomic mass is 10.2. The SMILES string of the molecule is O=C(CCn1c2c(c(=O)[nH]c1=O)CSCC2)NCC(=O)N1CCN(c2ncc(F)cn2)CC1. The van der Waals surface area contributed by atoms with Crippen molar-refractivity contribution in [2.75, 3.05) is 43.4 Å². The smallest absolute Gasteiger partial charge is 0.328 e. The van der Waals surface area contributed by atoms with Gasteiger partial charge in [-0.1, -0.05) is 0 Å². The van der Waals surface area contributed by atoms with Crippen LogP contribution in [0.3, 0.4) is 0 Å². The Labute approximate surface area is 192 Å². The lowest BCUT2D eigenvalue weighted by Gasteiger charge is -2.34. The van der Waals surface area contributed by atoms with Crippen molar-refractivity contribution in [1.82, 2.24) is 29.7 Å². The van der Waals surface area contributed by atoms with E-state index in [1.165, 1.54) is 4.57 Å². The Morgan fingerprint density at radius 3 is 2.61 bits per heavy atom. The van der Waals surface area contributed by atoms with Gasteiger partial charge in [0.15, 0.2) is 5.82 Å². The van der Waals surface area contributed by atoms with Crippen LogP contribution in [-0.4, -0.2) is 74.7 Å². The molecular formula is C20H24FN7O4S. The van der Waals surface area contributed by atoms with Gasteiger partial charge in [-0.05, 0) is 12.2 Å². The first-order valence-corrected chi connectivity index (χ1v) is 11.8. The van der Waals surface area contributed by atoms with Gasteiger partial charge in [0.2, 0.25) is 17.8 Å². The van der Waals surface area contributed by atoms with E-state index in [9.17, 15) is 23.6 Å². The van der Waals surface area contributed by atoms with E-state index in [0.29, 0.717) is 55.6 Å². The van der Waals surface area contributed by atoms with E-state index in [2.05, 4.69) is 20.3 Å². The molecule has 1 fully saturated rings. The molecule has 11 nitrogen and oxygen atoms in total. The van der Waals surface area contributed by atoms with E-state index < -0.39 is 11.5 Å². The minimum absolute atomic E-state index is 0.0223. The summed E-state index contributed by atoms with van der Waals surface area (Å²) in [5.41, 5.74) is 0.401. The van der Waals surface area contributed by atoms with Crippen LogP contribution < -0.4 is 21.5 Å². The van der Waals surface area contributed by atoms with Crippen molar-refractivity contribution in [2.24, 2.45) is 0 Å². The minimum atomic E-state index is -0.516. The van der Waals surface area contributed by atoms with Crippen LogP contribution in [0.1, 0.15) is 17.7 Å². The molecule has 2 N–H and O–H groups in total. The second-order valence-electron chi connectivity index (χ2n) is 7.73. The van der Waals surface area contributed by atoms with E-state index >= 15 is 0 Å². The van der Waals surface area contributed by atoms with Crippen molar-refractivity contribution in [3.8, 4) is 0 Å². The number of anilines is 1. The maximum Gasteiger partial charge on any atom is 0.328 e. The monoisotopic (exact) mass is 477 g/mol. The summed E-state index contributed by atoms with van der Waals surface area (Å²) in [7, 11) is 0. The molecule has 33 heavy (non-hydrogen) atoms. The maximum absolute atomic E-state index is 13.0. The molecular weight excluding hydrogens is 453 g/mol. The van der Waals surface area contributed by atoms with Gasteiger partial charge in [0.1, 0.15) is 0 Å². The fourth-order valence-corrected chi connectivity index (χ4v) is 4.87. The van der Waals surface area contributed by atoms with Crippen LogP contribution in [0.2, 0.25) is 0 Å². The van der Waals surface area contributed by atoms with Crippen LogP contribution in [0.15, 0.2) is 22.0 Å². The van der Waals surface area contributed by atoms with Crippen molar-refractivity contribution in [2.45, 2.75) is 25.1 Å². The van der Waals surface area contributed by atoms with Crippen molar-refractivity contribution in [3.63, 3.8) is 0 Å². The van der Waals surface area contributed by atoms with Gasteiger partial charge in [0.05, 0.1) is 18.9 Å². The average molecular weight is 478 g/mol. The zero-order valence-electron chi connectivity index (χ0n) is 17.9. The van der Waals surface area contributed by atoms with Crippen molar-refractivity contribution < 1.29 is 14.0 Å². The summed E-state index contributed by atoms with van der Waals surface area (Å²) in [6.45, 7) is 1.88. The topological polar surface area (TPSA) is 133 Å².